The summed E-state index contributed by atoms with van der Waals surface area (Å²) in [5, 5.41) is 0. The van der Waals surface area contributed by atoms with Crippen LogP contribution in [0.4, 0.5) is 0 Å². The molecule has 0 aliphatic carbocycles. The molecule has 0 aromatic rings. The Morgan fingerprint density at radius 1 is 0.643 bits per heavy atom. The Bertz CT molecular complexity index is 96.4. The fourth-order valence-corrected chi connectivity index (χ4v) is 2.87. The van der Waals surface area contributed by atoms with E-state index in [0.717, 1.165) is 0 Å². The van der Waals surface area contributed by atoms with Crippen LogP contribution in [0.3, 0.4) is 0 Å². The molecule has 6 heteroatoms. The van der Waals surface area contributed by atoms with Crippen molar-refractivity contribution in [2.75, 3.05) is 26.4 Å². The molecule has 0 radical (unpaired) electrons. The van der Waals surface area contributed by atoms with Crippen LogP contribution in [0.15, 0.2) is 0 Å². The van der Waals surface area contributed by atoms with Crippen LogP contribution in [0.5, 0.6) is 0 Å². The Labute approximate surface area is 91.4 Å². The van der Waals surface area contributed by atoms with E-state index in [1.807, 2.05) is 27.7 Å². The quantitative estimate of drug-likeness (QED) is 0.479. The van der Waals surface area contributed by atoms with Crippen LogP contribution in [-0.4, -0.2) is 35.5 Å². The van der Waals surface area contributed by atoms with E-state index in [4.69, 9.17) is 17.7 Å². The van der Waals surface area contributed by atoms with Gasteiger partial charge in [0, 0.05) is 26.4 Å². The first kappa shape index (κ1) is 16.9. The average molecular weight is 242 g/mol. The minimum atomic E-state index is -2.80. The van der Waals surface area contributed by atoms with Crippen LogP contribution >= 0.6 is 9.90 Å². The van der Waals surface area contributed by atoms with E-state index < -0.39 is 9.05 Å². The molecule has 0 aromatic carbocycles. The topological polar surface area (TPSA) is 36.9 Å². The summed E-state index contributed by atoms with van der Waals surface area (Å²) in [5.74, 6) is 0. The van der Waals surface area contributed by atoms with Gasteiger partial charge in [-0.25, -0.2) is 0 Å². The van der Waals surface area contributed by atoms with Crippen molar-refractivity contribution in [2.24, 2.45) is 0 Å². The number of rotatable bonds is 8. The fraction of sp³-hybridized carbons (Fsp3) is 1.00. The third kappa shape index (κ3) is 6.06. The lowest BCUT2D eigenvalue weighted by Gasteiger charge is -2.26. The van der Waals surface area contributed by atoms with Gasteiger partial charge in [-0.05, 0) is 27.7 Å². The first-order valence-corrected chi connectivity index (χ1v) is 6.43. The highest BCUT2D eigenvalue weighted by atomic mass is 31.0. The highest BCUT2D eigenvalue weighted by molar-refractivity contribution is 6.92. The minimum absolute atomic E-state index is 0. The van der Waals surface area contributed by atoms with E-state index in [1.165, 1.54) is 0 Å². The summed E-state index contributed by atoms with van der Waals surface area (Å²) in [6, 6.07) is 0. The van der Waals surface area contributed by atoms with Crippen molar-refractivity contribution in [3.8, 4) is 0 Å². The van der Waals surface area contributed by atoms with Gasteiger partial charge in [0.05, 0.1) is 0 Å². The lowest BCUT2D eigenvalue weighted by Crippen LogP contribution is -2.49. The van der Waals surface area contributed by atoms with E-state index in [1.54, 1.807) is 0 Å². The van der Waals surface area contributed by atoms with Crippen molar-refractivity contribution in [3.05, 3.63) is 0 Å². The first-order chi connectivity index (χ1) is 6.24. The van der Waals surface area contributed by atoms with Gasteiger partial charge in [0.25, 0.3) is 0 Å². The summed E-state index contributed by atoms with van der Waals surface area (Å²) in [7, 11) is -2.80. The zero-order valence-corrected chi connectivity index (χ0v) is 12.1. The van der Waals surface area contributed by atoms with E-state index in [0.29, 0.717) is 26.4 Å². The van der Waals surface area contributed by atoms with Gasteiger partial charge in [-0.15, -0.1) is 0 Å². The van der Waals surface area contributed by atoms with Crippen LogP contribution in [0.2, 0.25) is 0 Å². The molecule has 1 atom stereocenters. The maximum Gasteiger partial charge on any atom is 0.679 e. The van der Waals surface area contributed by atoms with Crippen LogP contribution in [0.25, 0.3) is 0 Å². The van der Waals surface area contributed by atoms with Crippen LogP contribution in [0, 0.1) is 0 Å². The van der Waals surface area contributed by atoms with Gasteiger partial charge in [0.15, 0.2) is 0 Å². The molecular formula is C8H23O4PSi. The van der Waals surface area contributed by atoms with Crippen LogP contribution < -0.4 is 0 Å². The standard InChI is InChI=1S/C8H20O4Si.H3P/c1-5-9-13(10-6-2,11-7-3)12-8-4;/h5-8H2,1-4H3;1H3. The van der Waals surface area contributed by atoms with Crippen molar-refractivity contribution in [2.45, 2.75) is 27.7 Å². The fourth-order valence-electron chi connectivity index (χ4n) is 0.957. The van der Waals surface area contributed by atoms with E-state index in [2.05, 4.69) is 0 Å². The largest absolute Gasteiger partial charge is 0.679 e. The van der Waals surface area contributed by atoms with Crippen LogP contribution in [-0.2, 0) is 17.7 Å². The molecule has 0 aromatic heterocycles. The lowest BCUT2D eigenvalue weighted by atomic mass is 10.9. The highest BCUT2D eigenvalue weighted by Crippen LogP contribution is 2.11. The Hall–Kier alpha value is 0.487. The smallest absolute Gasteiger partial charge is 0.351 e. The van der Waals surface area contributed by atoms with Gasteiger partial charge in [-0.2, -0.15) is 9.90 Å². The van der Waals surface area contributed by atoms with Gasteiger partial charge in [0.1, 0.15) is 0 Å². The van der Waals surface area contributed by atoms with Crippen molar-refractivity contribution < 1.29 is 17.7 Å². The molecule has 0 saturated carbocycles. The Morgan fingerprint density at radius 2 is 0.857 bits per heavy atom. The van der Waals surface area contributed by atoms with E-state index in [-0.39, 0.29) is 9.90 Å². The molecule has 0 aliphatic heterocycles. The molecule has 0 N–H and O–H groups in total. The van der Waals surface area contributed by atoms with Crippen LogP contribution in [0.1, 0.15) is 27.7 Å². The second kappa shape index (κ2) is 10.0. The van der Waals surface area contributed by atoms with E-state index >= 15 is 0 Å². The minimum Gasteiger partial charge on any atom is -0.351 e. The van der Waals surface area contributed by atoms with Gasteiger partial charge in [-0.1, -0.05) is 0 Å². The van der Waals surface area contributed by atoms with Gasteiger partial charge in [0.2, 0.25) is 0 Å². The molecule has 88 valence electrons. The average Bonchev–Trinajstić information content (AvgIpc) is 2.06. The Kier molecular flexibility index (Phi) is 12.1. The molecule has 0 spiro atoms. The molecule has 0 amide bonds. The van der Waals surface area contributed by atoms with Gasteiger partial charge in [-0.3, -0.25) is 0 Å². The maximum absolute atomic E-state index is 5.42. The van der Waals surface area contributed by atoms with Gasteiger partial charge < -0.3 is 17.7 Å². The molecule has 0 rings (SSSR count). The lowest BCUT2D eigenvalue weighted by molar-refractivity contribution is -0.0247. The Balaban J connectivity index is 0. The molecule has 1 unspecified atom stereocenters. The molecule has 0 heterocycles. The molecule has 0 saturated heterocycles. The third-order valence-electron chi connectivity index (χ3n) is 1.28. The first-order valence-electron chi connectivity index (χ1n) is 4.80. The molecular weight excluding hydrogens is 219 g/mol. The summed E-state index contributed by atoms with van der Waals surface area (Å²) in [4.78, 5) is 0. The zero-order chi connectivity index (χ0) is 10.2. The summed E-state index contributed by atoms with van der Waals surface area (Å²) in [6.07, 6.45) is 0. The normalized spacial score (nSPS) is 11.1. The summed E-state index contributed by atoms with van der Waals surface area (Å²) < 4.78 is 21.7. The maximum atomic E-state index is 5.42. The summed E-state index contributed by atoms with van der Waals surface area (Å²) in [6.45, 7) is 9.80. The van der Waals surface area contributed by atoms with Gasteiger partial charge >= 0.3 is 9.05 Å². The Morgan fingerprint density at radius 3 is 1.00 bits per heavy atom. The molecule has 4 nitrogen and oxygen atoms in total. The number of hydrogen-bond donors (Lipinski definition) is 0. The zero-order valence-electron chi connectivity index (χ0n) is 9.67. The molecule has 0 aliphatic rings. The summed E-state index contributed by atoms with van der Waals surface area (Å²) in [5.41, 5.74) is 0. The predicted molar refractivity (Wildman–Crippen MR) is 63.4 cm³/mol. The highest BCUT2D eigenvalue weighted by Gasteiger charge is 2.44. The third-order valence-corrected chi connectivity index (χ3v) is 3.85. The van der Waals surface area contributed by atoms with Crippen molar-refractivity contribution >= 4 is 18.9 Å². The second-order valence-electron chi connectivity index (χ2n) is 2.23. The van der Waals surface area contributed by atoms with Crippen molar-refractivity contribution in [1.29, 1.82) is 0 Å². The molecule has 0 bridgehead atoms. The van der Waals surface area contributed by atoms with E-state index in [9.17, 15) is 0 Å². The second-order valence-corrected chi connectivity index (χ2v) is 4.39. The van der Waals surface area contributed by atoms with Crippen molar-refractivity contribution in [1.82, 2.24) is 0 Å². The number of hydrogen-bond acceptors (Lipinski definition) is 4. The molecule has 14 heavy (non-hydrogen) atoms. The SMILES string of the molecule is CCO[Si](OCC)(OCC)OCC.P. The summed E-state index contributed by atoms with van der Waals surface area (Å²) >= 11 is 0. The van der Waals surface area contributed by atoms with Crippen molar-refractivity contribution in [3.63, 3.8) is 0 Å². The predicted octanol–water partition coefficient (Wildman–Crippen LogP) is 1.63. The monoisotopic (exact) mass is 242 g/mol. The molecule has 0 fully saturated rings.